The van der Waals surface area contributed by atoms with Crippen LogP contribution >= 0.6 is 0 Å². The molecule has 1 fully saturated rings. The van der Waals surface area contributed by atoms with E-state index in [0.717, 1.165) is 49.0 Å². The maximum absolute atomic E-state index is 13.1. The average molecular weight is 387 g/mol. The highest BCUT2D eigenvalue weighted by atomic mass is 32.2. The first-order valence-electron chi connectivity index (χ1n) is 9.03. The second-order valence-corrected chi connectivity index (χ2v) is 8.66. The third-order valence-corrected chi connectivity index (χ3v) is 6.57. The van der Waals surface area contributed by atoms with Crippen molar-refractivity contribution in [1.29, 1.82) is 0 Å². The first kappa shape index (κ1) is 18.0. The van der Waals surface area contributed by atoms with Crippen LogP contribution in [0.15, 0.2) is 53.6 Å². The zero-order valence-electron chi connectivity index (χ0n) is 15.1. The Bertz CT molecular complexity index is 1070. The second-order valence-electron chi connectivity index (χ2n) is 6.98. The molecule has 4 rings (SSSR count). The Hall–Kier alpha value is -2.38. The summed E-state index contributed by atoms with van der Waals surface area (Å²) in [5.41, 5.74) is 2.72. The van der Waals surface area contributed by atoms with Gasteiger partial charge in [-0.3, -0.25) is 4.72 Å². The molecule has 7 heteroatoms. The van der Waals surface area contributed by atoms with E-state index in [2.05, 4.69) is 16.2 Å². The van der Waals surface area contributed by atoms with E-state index in [1.807, 2.05) is 23.7 Å². The minimum Gasteiger partial charge on any atom is -0.350 e. The van der Waals surface area contributed by atoms with Crippen molar-refractivity contribution in [2.45, 2.75) is 23.7 Å². The molecule has 2 aromatic carbocycles. The Labute approximate surface area is 158 Å². The average Bonchev–Trinajstić information content (AvgIpc) is 3.01. The van der Waals surface area contributed by atoms with Crippen LogP contribution in [0.1, 0.15) is 24.3 Å². The number of halogens is 1. The summed E-state index contributed by atoms with van der Waals surface area (Å²) in [7, 11) is -1.82. The Morgan fingerprint density at radius 3 is 2.52 bits per heavy atom. The monoisotopic (exact) mass is 387 g/mol. The Balaban J connectivity index is 1.78. The molecule has 142 valence electrons. The summed E-state index contributed by atoms with van der Waals surface area (Å²) < 4.78 is 43.5. The van der Waals surface area contributed by atoms with Gasteiger partial charge in [0.15, 0.2) is 0 Å². The molecule has 5 nitrogen and oxygen atoms in total. The molecule has 0 bridgehead atoms. The standard InChI is InChI=1S/C20H22FN3O2S/c1-24-13-17(14-9-11-22-12-10-14)20-18(3-2-4-19(20)24)23-27(25,26)16-7-5-15(21)6-8-16/h2-8,13-14,22-23H,9-12H2,1H3. The van der Waals surface area contributed by atoms with Crippen LogP contribution in [0.2, 0.25) is 0 Å². The van der Waals surface area contributed by atoms with Gasteiger partial charge in [0, 0.05) is 18.6 Å². The normalized spacial score (nSPS) is 15.9. The molecule has 0 unspecified atom stereocenters. The van der Waals surface area contributed by atoms with Gasteiger partial charge in [-0.2, -0.15) is 0 Å². The fourth-order valence-electron chi connectivity index (χ4n) is 3.83. The lowest BCUT2D eigenvalue weighted by atomic mass is 9.89. The highest BCUT2D eigenvalue weighted by molar-refractivity contribution is 7.92. The predicted molar refractivity (Wildman–Crippen MR) is 105 cm³/mol. The molecule has 0 amide bonds. The zero-order valence-corrected chi connectivity index (χ0v) is 15.9. The molecule has 0 radical (unpaired) electrons. The first-order valence-corrected chi connectivity index (χ1v) is 10.5. The molecule has 3 aromatic rings. The summed E-state index contributed by atoms with van der Waals surface area (Å²) in [5.74, 6) is -0.0706. The molecule has 1 aliphatic heterocycles. The van der Waals surface area contributed by atoms with Crippen LogP contribution in [0.5, 0.6) is 0 Å². The van der Waals surface area contributed by atoms with Crippen molar-refractivity contribution in [2.24, 2.45) is 7.05 Å². The third-order valence-electron chi connectivity index (χ3n) is 5.19. The number of nitrogens with zero attached hydrogens (tertiary/aromatic N) is 1. The van der Waals surface area contributed by atoms with E-state index in [1.54, 1.807) is 6.07 Å². The second kappa shape index (κ2) is 6.98. The van der Waals surface area contributed by atoms with Crippen LogP contribution in [-0.4, -0.2) is 26.1 Å². The van der Waals surface area contributed by atoms with Crippen molar-refractivity contribution < 1.29 is 12.8 Å². The maximum Gasteiger partial charge on any atom is 0.261 e. The van der Waals surface area contributed by atoms with Crippen molar-refractivity contribution in [3.63, 3.8) is 0 Å². The van der Waals surface area contributed by atoms with E-state index in [4.69, 9.17) is 0 Å². The van der Waals surface area contributed by atoms with Crippen molar-refractivity contribution in [1.82, 2.24) is 9.88 Å². The van der Waals surface area contributed by atoms with Gasteiger partial charge in [0.2, 0.25) is 0 Å². The van der Waals surface area contributed by atoms with Crippen molar-refractivity contribution >= 4 is 26.6 Å². The van der Waals surface area contributed by atoms with Crippen LogP contribution in [-0.2, 0) is 17.1 Å². The molecule has 0 aliphatic carbocycles. The summed E-state index contributed by atoms with van der Waals surface area (Å²) in [6.07, 6.45) is 4.16. The predicted octanol–water partition coefficient (Wildman–Crippen LogP) is 3.59. The number of nitrogens with one attached hydrogen (secondary N) is 2. The molecule has 1 saturated heterocycles. The van der Waals surface area contributed by atoms with Gasteiger partial charge in [-0.25, -0.2) is 12.8 Å². The summed E-state index contributed by atoms with van der Waals surface area (Å²) in [5, 5.41) is 4.31. The van der Waals surface area contributed by atoms with Gasteiger partial charge in [0.25, 0.3) is 10.0 Å². The number of sulfonamides is 1. The van der Waals surface area contributed by atoms with E-state index in [-0.39, 0.29) is 4.90 Å². The van der Waals surface area contributed by atoms with Crippen molar-refractivity contribution in [2.75, 3.05) is 17.8 Å². The summed E-state index contributed by atoms with van der Waals surface area (Å²) in [4.78, 5) is 0.0419. The van der Waals surface area contributed by atoms with E-state index < -0.39 is 15.8 Å². The fourth-order valence-corrected chi connectivity index (χ4v) is 4.90. The van der Waals surface area contributed by atoms with Crippen LogP contribution < -0.4 is 10.0 Å². The fraction of sp³-hybridized carbons (Fsp3) is 0.300. The number of rotatable bonds is 4. The van der Waals surface area contributed by atoms with E-state index in [0.29, 0.717) is 11.6 Å². The van der Waals surface area contributed by atoms with Gasteiger partial charge in [0.1, 0.15) is 5.82 Å². The molecule has 0 spiro atoms. The third kappa shape index (κ3) is 3.44. The molecular weight excluding hydrogens is 365 g/mol. The zero-order chi connectivity index (χ0) is 19.0. The molecular formula is C20H22FN3O2S. The maximum atomic E-state index is 13.1. The van der Waals surface area contributed by atoms with Crippen LogP contribution in [0.25, 0.3) is 10.9 Å². The van der Waals surface area contributed by atoms with Crippen LogP contribution in [0, 0.1) is 5.82 Å². The number of benzene rings is 2. The molecule has 0 atom stereocenters. The smallest absolute Gasteiger partial charge is 0.261 e. The number of hydrogen-bond donors (Lipinski definition) is 2. The van der Waals surface area contributed by atoms with Gasteiger partial charge in [0.05, 0.1) is 16.1 Å². The number of piperidine rings is 1. The number of aromatic nitrogens is 1. The summed E-state index contributed by atoms with van der Waals surface area (Å²) in [6.45, 7) is 1.93. The lowest BCUT2D eigenvalue weighted by Gasteiger charge is -2.23. The largest absolute Gasteiger partial charge is 0.350 e. The number of aryl methyl sites for hydroxylation is 1. The van der Waals surface area contributed by atoms with Crippen LogP contribution in [0.3, 0.4) is 0 Å². The number of hydrogen-bond acceptors (Lipinski definition) is 3. The Morgan fingerprint density at radius 2 is 1.81 bits per heavy atom. The van der Waals surface area contributed by atoms with Crippen LogP contribution in [0.4, 0.5) is 10.1 Å². The minimum atomic E-state index is -3.80. The molecule has 27 heavy (non-hydrogen) atoms. The number of fused-ring (bicyclic) bond motifs is 1. The van der Waals surface area contributed by atoms with Gasteiger partial charge in [-0.1, -0.05) is 6.07 Å². The Morgan fingerprint density at radius 1 is 1.11 bits per heavy atom. The molecule has 0 saturated carbocycles. The van der Waals surface area contributed by atoms with Gasteiger partial charge in [-0.05, 0) is 73.8 Å². The van der Waals surface area contributed by atoms with E-state index in [1.165, 1.54) is 17.7 Å². The molecule has 1 aliphatic rings. The van der Waals surface area contributed by atoms with Gasteiger partial charge >= 0.3 is 0 Å². The molecule has 1 aromatic heterocycles. The Kier molecular flexibility index (Phi) is 4.65. The highest BCUT2D eigenvalue weighted by Gasteiger charge is 2.23. The lowest BCUT2D eigenvalue weighted by molar-refractivity contribution is 0.462. The highest BCUT2D eigenvalue weighted by Crippen LogP contribution is 2.37. The van der Waals surface area contributed by atoms with E-state index >= 15 is 0 Å². The number of anilines is 1. The quantitative estimate of drug-likeness (QED) is 0.719. The summed E-state index contributed by atoms with van der Waals surface area (Å²) in [6, 6.07) is 10.5. The lowest BCUT2D eigenvalue weighted by Crippen LogP contribution is -2.26. The van der Waals surface area contributed by atoms with Crippen molar-refractivity contribution in [3.05, 3.63) is 60.0 Å². The molecule has 2 heterocycles. The van der Waals surface area contributed by atoms with Gasteiger partial charge in [-0.15, -0.1) is 0 Å². The first-order chi connectivity index (χ1) is 13.0. The topological polar surface area (TPSA) is 63.1 Å². The summed E-state index contributed by atoms with van der Waals surface area (Å²) >= 11 is 0. The van der Waals surface area contributed by atoms with Crippen molar-refractivity contribution in [3.8, 4) is 0 Å². The SMILES string of the molecule is Cn1cc(C2CCNCC2)c2c(NS(=O)(=O)c3ccc(F)cc3)cccc21. The van der Waals surface area contributed by atoms with Gasteiger partial charge < -0.3 is 9.88 Å². The van der Waals surface area contributed by atoms with E-state index in [9.17, 15) is 12.8 Å². The minimum absolute atomic E-state index is 0.0419. The molecule has 2 N–H and O–H groups in total.